The molecule has 5 heteroatoms. The standard InChI is InChI=1S/C16H23ClN2O2/c1-10-3-5-13(7-11(10)2)21-9-16(20)19-15-6-4-12(17)8-14(15)18/h4,6,8,10-11,13H,3,5,7,9,18H2,1-2H3,(H,19,20). The molecule has 1 aliphatic carbocycles. The van der Waals surface area contributed by atoms with Crippen molar-refractivity contribution in [3.05, 3.63) is 23.2 Å². The van der Waals surface area contributed by atoms with E-state index < -0.39 is 0 Å². The maximum absolute atomic E-state index is 11.9. The van der Waals surface area contributed by atoms with Crippen molar-refractivity contribution in [3.63, 3.8) is 0 Å². The van der Waals surface area contributed by atoms with Crippen molar-refractivity contribution in [2.24, 2.45) is 11.8 Å². The first kappa shape index (κ1) is 16.1. The van der Waals surface area contributed by atoms with Gasteiger partial charge in [0.05, 0.1) is 17.5 Å². The van der Waals surface area contributed by atoms with E-state index in [0.717, 1.165) is 25.2 Å². The minimum Gasteiger partial charge on any atom is -0.397 e. The molecule has 0 radical (unpaired) electrons. The van der Waals surface area contributed by atoms with Gasteiger partial charge in [0.2, 0.25) is 5.91 Å². The number of amides is 1. The molecule has 0 saturated heterocycles. The fourth-order valence-corrected chi connectivity index (χ4v) is 2.86. The molecule has 3 unspecified atom stereocenters. The fraction of sp³-hybridized carbons (Fsp3) is 0.562. The topological polar surface area (TPSA) is 64.3 Å². The van der Waals surface area contributed by atoms with Crippen LogP contribution in [0.3, 0.4) is 0 Å². The first-order chi connectivity index (χ1) is 9.95. The Labute approximate surface area is 131 Å². The lowest BCUT2D eigenvalue weighted by Crippen LogP contribution is -2.30. The molecular formula is C16H23ClN2O2. The third kappa shape index (κ3) is 4.61. The van der Waals surface area contributed by atoms with E-state index in [1.165, 1.54) is 0 Å². The molecule has 1 aromatic rings. The predicted molar refractivity (Wildman–Crippen MR) is 86.4 cm³/mol. The van der Waals surface area contributed by atoms with Crippen LogP contribution in [0.2, 0.25) is 5.02 Å². The summed E-state index contributed by atoms with van der Waals surface area (Å²) in [5.41, 5.74) is 6.82. The smallest absolute Gasteiger partial charge is 0.250 e. The van der Waals surface area contributed by atoms with Crippen LogP contribution in [0.15, 0.2) is 18.2 Å². The van der Waals surface area contributed by atoms with Crippen molar-refractivity contribution < 1.29 is 9.53 Å². The molecule has 3 N–H and O–H groups in total. The van der Waals surface area contributed by atoms with Crippen molar-refractivity contribution in [2.75, 3.05) is 17.7 Å². The Bertz CT molecular complexity index is 507. The van der Waals surface area contributed by atoms with E-state index in [-0.39, 0.29) is 18.6 Å². The van der Waals surface area contributed by atoms with Crippen molar-refractivity contribution in [3.8, 4) is 0 Å². The lowest BCUT2D eigenvalue weighted by Gasteiger charge is -2.31. The molecule has 1 amide bonds. The van der Waals surface area contributed by atoms with Gasteiger partial charge in [-0.25, -0.2) is 0 Å². The third-order valence-electron chi connectivity index (χ3n) is 4.29. The average Bonchev–Trinajstić information content (AvgIpc) is 2.43. The average molecular weight is 311 g/mol. The number of nitrogens with two attached hydrogens (primary N) is 1. The predicted octanol–water partition coefficient (Wildman–Crippen LogP) is 3.70. The number of nitrogens with one attached hydrogen (secondary N) is 1. The minimum absolute atomic E-state index is 0.0633. The fourth-order valence-electron chi connectivity index (χ4n) is 2.68. The van der Waals surface area contributed by atoms with Crippen LogP contribution in [0.4, 0.5) is 11.4 Å². The van der Waals surface area contributed by atoms with Crippen molar-refractivity contribution >= 4 is 28.9 Å². The number of anilines is 2. The summed E-state index contributed by atoms with van der Waals surface area (Å²) in [6, 6.07) is 5.00. The lowest BCUT2D eigenvalue weighted by atomic mass is 9.80. The Morgan fingerprint density at radius 3 is 2.81 bits per heavy atom. The quantitative estimate of drug-likeness (QED) is 0.833. The van der Waals surface area contributed by atoms with E-state index in [9.17, 15) is 4.79 Å². The molecule has 0 bridgehead atoms. The van der Waals surface area contributed by atoms with Gasteiger partial charge in [0.15, 0.2) is 0 Å². The third-order valence-corrected chi connectivity index (χ3v) is 4.52. The number of benzene rings is 1. The number of hydrogen-bond donors (Lipinski definition) is 2. The molecule has 116 valence electrons. The van der Waals surface area contributed by atoms with Crippen LogP contribution >= 0.6 is 11.6 Å². The maximum Gasteiger partial charge on any atom is 0.250 e. The summed E-state index contributed by atoms with van der Waals surface area (Å²) in [4.78, 5) is 11.9. The number of hydrogen-bond acceptors (Lipinski definition) is 3. The molecule has 1 aliphatic rings. The molecular weight excluding hydrogens is 288 g/mol. The van der Waals surface area contributed by atoms with Gasteiger partial charge in [-0.3, -0.25) is 4.79 Å². The number of nitrogen functional groups attached to an aromatic ring is 1. The Morgan fingerprint density at radius 2 is 2.14 bits per heavy atom. The molecule has 0 heterocycles. The Morgan fingerprint density at radius 1 is 1.38 bits per heavy atom. The van der Waals surface area contributed by atoms with E-state index in [1.807, 2.05) is 0 Å². The largest absolute Gasteiger partial charge is 0.397 e. The second-order valence-corrected chi connectivity index (χ2v) is 6.42. The van der Waals surface area contributed by atoms with Gasteiger partial charge in [0, 0.05) is 5.02 Å². The van der Waals surface area contributed by atoms with Gasteiger partial charge in [-0.05, 0) is 49.3 Å². The zero-order valence-corrected chi connectivity index (χ0v) is 13.3. The normalized spacial score (nSPS) is 25.6. The zero-order valence-electron chi connectivity index (χ0n) is 12.6. The first-order valence-electron chi connectivity index (χ1n) is 7.42. The Kier molecular flexibility index (Phi) is 5.48. The lowest BCUT2D eigenvalue weighted by molar-refractivity contribution is -0.123. The highest BCUT2D eigenvalue weighted by molar-refractivity contribution is 6.31. The highest BCUT2D eigenvalue weighted by Gasteiger charge is 2.25. The van der Waals surface area contributed by atoms with Gasteiger partial charge in [0.25, 0.3) is 0 Å². The number of rotatable bonds is 4. The Balaban J connectivity index is 1.80. The molecule has 3 atom stereocenters. The molecule has 21 heavy (non-hydrogen) atoms. The van der Waals surface area contributed by atoms with Crippen LogP contribution in [0.5, 0.6) is 0 Å². The molecule has 4 nitrogen and oxygen atoms in total. The molecule has 2 rings (SSSR count). The monoisotopic (exact) mass is 310 g/mol. The summed E-state index contributed by atoms with van der Waals surface area (Å²) in [5.74, 6) is 1.21. The molecule has 0 aromatic heterocycles. The highest BCUT2D eigenvalue weighted by atomic mass is 35.5. The van der Waals surface area contributed by atoms with Gasteiger partial charge < -0.3 is 15.8 Å². The summed E-state index contributed by atoms with van der Waals surface area (Å²) in [6.07, 6.45) is 3.40. The maximum atomic E-state index is 11.9. The summed E-state index contributed by atoms with van der Waals surface area (Å²) < 4.78 is 5.72. The SMILES string of the molecule is CC1CCC(OCC(=O)Nc2ccc(Cl)cc2N)CC1C. The van der Waals surface area contributed by atoms with Crippen LogP contribution in [-0.4, -0.2) is 18.6 Å². The minimum atomic E-state index is -0.185. The highest BCUT2D eigenvalue weighted by Crippen LogP contribution is 2.31. The molecule has 1 fully saturated rings. The van der Waals surface area contributed by atoms with Crippen molar-refractivity contribution in [1.82, 2.24) is 0 Å². The second-order valence-electron chi connectivity index (χ2n) is 5.98. The molecule has 0 spiro atoms. The summed E-state index contributed by atoms with van der Waals surface area (Å²) in [5, 5.41) is 3.30. The summed E-state index contributed by atoms with van der Waals surface area (Å²) >= 11 is 5.82. The number of carbonyl (C=O) groups excluding carboxylic acids is 1. The summed E-state index contributed by atoms with van der Waals surface area (Å²) in [7, 11) is 0. The Hall–Kier alpha value is -1.26. The van der Waals surface area contributed by atoms with E-state index in [2.05, 4.69) is 19.2 Å². The van der Waals surface area contributed by atoms with Gasteiger partial charge in [-0.2, -0.15) is 0 Å². The molecule has 0 aliphatic heterocycles. The van der Waals surface area contributed by atoms with E-state index in [4.69, 9.17) is 22.1 Å². The van der Waals surface area contributed by atoms with E-state index in [0.29, 0.717) is 22.3 Å². The molecule has 1 aromatic carbocycles. The van der Waals surface area contributed by atoms with Crippen molar-refractivity contribution in [2.45, 2.75) is 39.2 Å². The summed E-state index contributed by atoms with van der Waals surface area (Å²) in [6.45, 7) is 4.58. The zero-order chi connectivity index (χ0) is 15.4. The molecule has 1 saturated carbocycles. The van der Waals surface area contributed by atoms with Gasteiger partial charge in [-0.1, -0.05) is 25.4 Å². The number of halogens is 1. The second kappa shape index (κ2) is 7.14. The van der Waals surface area contributed by atoms with E-state index in [1.54, 1.807) is 18.2 Å². The van der Waals surface area contributed by atoms with Crippen LogP contribution in [0.25, 0.3) is 0 Å². The first-order valence-corrected chi connectivity index (χ1v) is 7.80. The number of carbonyl (C=O) groups is 1. The van der Waals surface area contributed by atoms with Crippen molar-refractivity contribution in [1.29, 1.82) is 0 Å². The van der Waals surface area contributed by atoms with Crippen LogP contribution in [0.1, 0.15) is 33.1 Å². The van der Waals surface area contributed by atoms with Gasteiger partial charge in [0.1, 0.15) is 6.61 Å². The number of ether oxygens (including phenoxy) is 1. The van der Waals surface area contributed by atoms with E-state index >= 15 is 0 Å². The van der Waals surface area contributed by atoms with Crippen LogP contribution < -0.4 is 11.1 Å². The van der Waals surface area contributed by atoms with Gasteiger partial charge >= 0.3 is 0 Å². The van der Waals surface area contributed by atoms with Gasteiger partial charge in [-0.15, -0.1) is 0 Å². The van der Waals surface area contributed by atoms with Crippen LogP contribution in [0, 0.1) is 11.8 Å². The van der Waals surface area contributed by atoms with Crippen LogP contribution in [-0.2, 0) is 9.53 Å².